The molecule has 1 amide bonds. The van der Waals surface area contributed by atoms with Gasteiger partial charge >= 0.3 is 6.09 Å². The predicted octanol–water partition coefficient (Wildman–Crippen LogP) is 3.37. The number of anilines is 1. The highest BCUT2D eigenvalue weighted by Gasteiger charge is 2.40. The SMILES string of the molecule is CC1OC(=O)N(C2CCN(S(=O)(=O)c3ccc([N+](=O)[O-])cc3[N+](=O)[O-])CC2)c2ccccc21. The minimum Gasteiger partial charge on any atom is -0.441 e. The quantitative estimate of drug-likeness (QED) is 0.470. The van der Waals surface area contributed by atoms with Crippen LogP contribution in [0.15, 0.2) is 47.4 Å². The first-order valence-corrected chi connectivity index (χ1v) is 11.6. The number of carbonyl (C=O) groups is 1. The number of ether oxygens (including phenoxy) is 1. The molecule has 13 heteroatoms. The van der Waals surface area contributed by atoms with Crippen LogP contribution in [0.25, 0.3) is 0 Å². The molecule has 2 heterocycles. The zero-order valence-corrected chi connectivity index (χ0v) is 18.3. The lowest BCUT2D eigenvalue weighted by Gasteiger charge is -2.41. The van der Waals surface area contributed by atoms with Crippen molar-refractivity contribution in [3.63, 3.8) is 0 Å². The summed E-state index contributed by atoms with van der Waals surface area (Å²) in [6.45, 7) is 1.81. The molecule has 174 valence electrons. The van der Waals surface area contributed by atoms with Crippen LogP contribution >= 0.6 is 0 Å². The summed E-state index contributed by atoms with van der Waals surface area (Å²) in [5.74, 6) is 0. The summed E-state index contributed by atoms with van der Waals surface area (Å²) >= 11 is 0. The molecule has 0 N–H and O–H groups in total. The van der Waals surface area contributed by atoms with Gasteiger partial charge < -0.3 is 4.74 Å². The van der Waals surface area contributed by atoms with E-state index in [0.717, 1.165) is 22.0 Å². The van der Waals surface area contributed by atoms with Gasteiger partial charge in [-0.3, -0.25) is 25.1 Å². The Morgan fingerprint density at radius 2 is 1.70 bits per heavy atom. The van der Waals surface area contributed by atoms with E-state index in [1.165, 1.54) is 4.90 Å². The first kappa shape index (κ1) is 22.6. The molecule has 2 aromatic rings. The van der Waals surface area contributed by atoms with Crippen LogP contribution in [-0.4, -0.2) is 47.8 Å². The van der Waals surface area contributed by atoms with E-state index in [-0.39, 0.29) is 32.0 Å². The second-order valence-electron chi connectivity index (χ2n) is 7.76. The average Bonchev–Trinajstić information content (AvgIpc) is 2.79. The minimum absolute atomic E-state index is 0.0165. The molecule has 0 saturated carbocycles. The summed E-state index contributed by atoms with van der Waals surface area (Å²) in [6.07, 6.45) is -0.322. The Bertz CT molecular complexity index is 1240. The molecule has 1 saturated heterocycles. The summed E-state index contributed by atoms with van der Waals surface area (Å²) in [4.78, 5) is 34.1. The van der Waals surface area contributed by atoms with E-state index >= 15 is 0 Å². The Morgan fingerprint density at radius 1 is 1.03 bits per heavy atom. The first-order chi connectivity index (χ1) is 15.6. The topological polar surface area (TPSA) is 153 Å². The van der Waals surface area contributed by atoms with Crippen LogP contribution in [0.5, 0.6) is 0 Å². The van der Waals surface area contributed by atoms with Crippen molar-refractivity contribution in [2.45, 2.75) is 36.8 Å². The van der Waals surface area contributed by atoms with Crippen molar-refractivity contribution < 1.29 is 27.8 Å². The smallest absolute Gasteiger partial charge is 0.415 e. The maximum atomic E-state index is 13.1. The Kier molecular flexibility index (Phi) is 5.76. The van der Waals surface area contributed by atoms with Crippen LogP contribution in [0.2, 0.25) is 0 Å². The van der Waals surface area contributed by atoms with E-state index in [4.69, 9.17) is 4.74 Å². The van der Waals surface area contributed by atoms with Gasteiger partial charge in [0.2, 0.25) is 10.0 Å². The molecule has 0 radical (unpaired) electrons. The van der Waals surface area contributed by atoms with Gasteiger partial charge in [-0.2, -0.15) is 4.31 Å². The van der Waals surface area contributed by atoms with E-state index < -0.39 is 48.3 Å². The van der Waals surface area contributed by atoms with Crippen molar-refractivity contribution >= 4 is 33.2 Å². The highest BCUT2D eigenvalue weighted by atomic mass is 32.2. The molecule has 2 aliphatic rings. The van der Waals surface area contributed by atoms with Gasteiger partial charge in [-0.15, -0.1) is 0 Å². The number of nitrogens with zero attached hydrogens (tertiary/aromatic N) is 4. The molecule has 1 fully saturated rings. The van der Waals surface area contributed by atoms with E-state index in [0.29, 0.717) is 11.8 Å². The fourth-order valence-corrected chi connectivity index (χ4v) is 5.83. The normalized spacial score (nSPS) is 19.6. The molecule has 1 unspecified atom stereocenters. The second kappa shape index (κ2) is 8.41. The Labute approximate surface area is 188 Å². The maximum absolute atomic E-state index is 13.1. The molecule has 0 spiro atoms. The monoisotopic (exact) mass is 476 g/mol. The van der Waals surface area contributed by atoms with Crippen LogP contribution in [0, 0.1) is 20.2 Å². The lowest BCUT2D eigenvalue weighted by Crippen LogP contribution is -2.50. The van der Waals surface area contributed by atoms with Gasteiger partial charge in [0.1, 0.15) is 6.10 Å². The number of non-ortho nitro benzene ring substituents is 1. The fraction of sp³-hybridized carbons (Fsp3) is 0.350. The first-order valence-electron chi connectivity index (χ1n) is 10.1. The summed E-state index contributed by atoms with van der Waals surface area (Å²) in [5.41, 5.74) is 0.145. The number of benzene rings is 2. The molecule has 2 aliphatic heterocycles. The van der Waals surface area contributed by atoms with Crippen LogP contribution < -0.4 is 4.90 Å². The van der Waals surface area contributed by atoms with Crippen molar-refractivity contribution in [3.8, 4) is 0 Å². The molecular formula is C20H20N4O8S. The van der Waals surface area contributed by atoms with Crippen LogP contribution in [0.3, 0.4) is 0 Å². The Morgan fingerprint density at radius 3 is 2.33 bits per heavy atom. The number of cyclic esters (lactones) is 1. The molecule has 2 aromatic carbocycles. The van der Waals surface area contributed by atoms with Crippen molar-refractivity contribution in [1.82, 2.24) is 4.31 Å². The number of nitro benzene ring substituents is 2. The zero-order valence-electron chi connectivity index (χ0n) is 17.5. The summed E-state index contributed by atoms with van der Waals surface area (Å²) in [6, 6.07) is 9.48. The summed E-state index contributed by atoms with van der Waals surface area (Å²) < 4.78 is 32.8. The van der Waals surface area contributed by atoms with Crippen molar-refractivity contribution in [2.75, 3.05) is 18.0 Å². The van der Waals surface area contributed by atoms with Crippen LogP contribution in [-0.2, 0) is 14.8 Å². The van der Waals surface area contributed by atoms with Crippen molar-refractivity contribution in [1.29, 1.82) is 0 Å². The van der Waals surface area contributed by atoms with E-state index in [2.05, 4.69) is 0 Å². The largest absolute Gasteiger partial charge is 0.441 e. The summed E-state index contributed by atoms with van der Waals surface area (Å²) in [7, 11) is -4.28. The molecule has 1 atom stereocenters. The number of amides is 1. The van der Waals surface area contributed by atoms with E-state index in [1.807, 2.05) is 24.3 Å². The number of piperidine rings is 1. The molecule has 4 rings (SSSR count). The lowest BCUT2D eigenvalue weighted by atomic mass is 10.00. The third-order valence-electron chi connectivity index (χ3n) is 5.87. The number of para-hydroxylation sites is 1. The standard InChI is InChI=1S/C20H20N4O8S/c1-13-16-4-2-3-5-17(16)22(20(25)32-13)14-8-10-21(11-9-14)33(30,31)19-7-6-15(23(26)27)12-18(19)24(28)29/h2-7,12-14H,8-11H2,1H3. The van der Waals surface area contributed by atoms with Crippen LogP contribution in [0.1, 0.15) is 31.4 Å². The third kappa shape index (κ3) is 4.00. The summed E-state index contributed by atoms with van der Waals surface area (Å²) in [5, 5.41) is 22.3. The van der Waals surface area contributed by atoms with Gasteiger partial charge in [-0.1, -0.05) is 18.2 Å². The lowest BCUT2D eigenvalue weighted by molar-refractivity contribution is -0.396. The van der Waals surface area contributed by atoms with Gasteiger partial charge in [0, 0.05) is 30.8 Å². The Hall–Kier alpha value is -3.58. The third-order valence-corrected chi connectivity index (χ3v) is 7.81. The highest BCUT2D eigenvalue weighted by molar-refractivity contribution is 7.89. The molecule has 0 bridgehead atoms. The number of hydrogen-bond donors (Lipinski definition) is 0. The number of rotatable bonds is 5. The zero-order chi connectivity index (χ0) is 23.9. The van der Waals surface area contributed by atoms with Gasteiger partial charge in [0.25, 0.3) is 11.4 Å². The van der Waals surface area contributed by atoms with E-state index in [9.17, 15) is 33.4 Å². The molecular weight excluding hydrogens is 456 g/mol. The maximum Gasteiger partial charge on any atom is 0.415 e. The second-order valence-corrected chi connectivity index (χ2v) is 9.66. The number of nitro groups is 2. The minimum atomic E-state index is -4.28. The van der Waals surface area contributed by atoms with Gasteiger partial charge in [-0.05, 0) is 31.9 Å². The molecule has 0 aliphatic carbocycles. The number of carbonyl (C=O) groups excluding carboxylic acids is 1. The van der Waals surface area contributed by atoms with Gasteiger partial charge in [0.05, 0.1) is 21.6 Å². The van der Waals surface area contributed by atoms with Crippen LogP contribution in [0.4, 0.5) is 21.9 Å². The van der Waals surface area contributed by atoms with Crippen molar-refractivity contribution in [2.24, 2.45) is 0 Å². The van der Waals surface area contributed by atoms with Crippen molar-refractivity contribution in [3.05, 3.63) is 68.3 Å². The predicted molar refractivity (Wildman–Crippen MR) is 115 cm³/mol. The average molecular weight is 476 g/mol. The molecule has 0 aromatic heterocycles. The van der Waals surface area contributed by atoms with Gasteiger partial charge in [0.15, 0.2) is 4.90 Å². The highest BCUT2D eigenvalue weighted by Crippen LogP contribution is 2.38. The fourth-order valence-electron chi connectivity index (χ4n) is 4.23. The molecule has 12 nitrogen and oxygen atoms in total. The number of hydrogen-bond acceptors (Lipinski definition) is 8. The number of fused-ring (bicyclic) bond motifs is 1. The number of sulfonamides is 1. The van der Waals surface area contributed by atoms with Gasteiger partial charge in [-0.25, -0.2) is 13.2 Å². The molecule has 33 heavy (non-hydrogen) atoms. The Balaban J connectivity index is 1.57. The van der Waals surface area contributed by atoms with E-state index in [1.54, 1.807) is 6.92 Å².